The summed E-state index contributed by atoms with van der Waals surface area (Å²) in [5.41, 5.74) is 0.742. The van der Waals surface area contributed by atoms with E-state index in [1.807, 2.05) is 26.0 Å². The van der Waals surface area contributed by atoms with Crippen LogP contribution in [0.1, 0.15) is 31.7 Å². The predicted molar refractivity (Wildman–Crippen MR) is 161 cm³/mol. The highest BCUT2D eigenvalue weighted by Crippen LogP contribution is 2.37. The molecule has 0 bridgehead atoms. The van der Waals surface area contributed by atoms with Crippen LogP contribution in [-0.2, 0) is 31.3 Å². The Kier molecular flexibility index (Phi) is 9.01. The number of aliphatic hydroxyl groups excluding tert-OH is 1. The van der Waals surface area contributed by atoms with E-state index < -0.39 is 37.2 Å². The molecule has 0 saturated carbocycles. The predicted octanol–water partition coefficient (Wildman–Crippen LogP) is 1.32. The van der Waals surface area contributed by atoms with Gasteiger partial charge in [-0.25, -0.2) is 22.0 Å². The molecule has 2 aromatic carbocycles. The summed E-state index contributed by atoms with van der Waals surface area (Å²) in [6, 6.07) is 11.1. The van der Waals surface area contributed by atoms with Crippen LogP contribution in [0.25, 0.3) is 10.9 Å². The fourth-order valence-corrected chi connectivity index (χ4v) is 7.91. The monoisotopic (exact) mass is 634 g/mol. The zero-order valence-electron chi connectivity index (χ0n) is 24.2. The molecule has 14 heteroatoms. The van der Waals surface area contributed by atoms with Crippen molar-refractivity contribution in [1.82, 2.24) is 14.2 Å². The molecular weight excluding hydrogens is 596 g/mol. The van der Waals surface area contributed by atoms with Crippen LogP contribution in [0.5, 0.6) is 5.75 Å². The number of fused-ring (bicyclic) bond motifs is 1. The van der Waals surface area contributed by atoms with Crippen LogP contribution in [0.2, 0.25) is 0 Å². The Bertz CT molecular complexity index is 1770. The summed E-state index contributed by atoms with van der Waals surface area (Å²) < 4.78 is 65.2. The zero-order valence-corrected chi connectivity index (χ0v) is 25.9. The smallest absolute Gasteiger partial charge is 0.248 e. The van der Waals surface area contributed by atoms with Crippen molar-refractivity contribution in [3.63, 3.8) is 0 Å². The fourth-order valence-electron chi connectivity index (χ4n) is 5.81. The molecule has 1 aromatic heterocycles. The van der Waals surface area contributed by atoms with Crippen LogP contribution >= 0.6 is 0 Å². The molecule has 3 heterocycles. The summed E-state index contributed by atoms with van der Waals surface area (Å²) in [4.78, 5) is 13.0. The van der Waals surface area contributed by atoms with Gasteiger partial charge in [0.25, 0.3) is 0 Å². The van der Waals surface area contributed by atoms with Crippen molar-refractivity contribution in [2.24, 2.45) is 5.14 Å². The number of rotatable bonds is 10. The first-order chi connectivity index (χ1) is 20.3. The maximum Gasteiger partial charge on any atom is 0.248 e. The lowest BCUT2D eigenvalue weighted by atomic mass is 9.88. The van der Waals surface area contributed by atoms with Crippen LogP contribution in [0.4, 0.5) is 0 Å². The number of nitrogens with two attached hydrogens (primary N) is 1. The maximum atomic E-state index is 13.6. The van der Waals surface area contributed by atoms with Gasteiger partial charge in [0.2, 0.25) is 25.5 Å². The highest BCUT2D eigenvalue weighted by atomic mass is 32.2. The van der Waals surface area contributed by atoms with Crippen molar-refractivity contribution >= 4 is 30.9 Å². The zero-order chi connectivity index (χ0) is 31.0. The molecule has 2 aliphatic rings. The van der Waals surface area contributed by atoms with E-state index in [0.717, 1.165) is 11.1 Å². The number of benzene rings is 2. The first-order valence-electron chi connectivity index (χ1n) is 14.3. The first kappa shape index (κ1) is 31.6. The van der Waals surface area contributed by atoms with Gasteiger partial charge < -0.3 is 24.5 Å². The Balaban J connectivity index is 1.16. The summed E-state index contributed by atoms with van der Waals surface area (Å²) >= 11 is 0. The number of piperidine rings is 1. The second-order valence-electron chi connectivity index (χ2n) is 11.3. The van der Waals surface area contributed by atoms with Crippen LogP contribution < -0.4 is 20.6 Å². The van der Waals surface area contributed by atoms with Gasteiger partial charge >= 0.3 is 0 Å². The Hall–Kier alpha value is -2.85. The molecule has 2 atom stereocenters. The van der Waals surface area contributed by atoms with Crippen molar-refractivity contribution in [3.05, 3.63) is 64.4 Å². The highest BCUT2D eigenvalue weighted by molar-refractivity contribution is 7.89. The maximum absolute atomic E-state index is 13.6. The number of hydrogen-bond donors (Lipinski definition) is 3. The van der Waals surface area contributed by atoms with E-state index in [9.17, 15) is 26.7 Å². The number of nitrogens with one attached hydrogen (secondary N) is 1. The molecule has 0 aliphatic carbocycles. The summed E-state index contributed by atoms with van der Waals surface area (Å²) in [5.74, 6) is 0.280. The standard InChI is InChI=1S/C29H38N4O8S2/c1-3-32-17-27(28(35)25-8-7-20(2)13-26(25)32)43(38,39)33-11-9-29(10-12-33)15-21(18-41-29)31-16-22(34)19-40-23-5-4-6-24(14-23)42(30,36)37/h4-8,13-14,17,21-22,31,34H,3,9-12,15-16,18-19H2,1-2H3,(H2,30,36,37). The summed E-state index contributed by atoms with van der Waals surface area (Å²) in [6.07, 6.45) is 2.24. The van der Waals surface area contributed by atoms with Gasteiger partial charge in [-0.15, -0.1) is 0 Å². The van der Waals surface area contributed by atoms with E-state index in [1.165, 1.54) is 28.7 Å². The summed E-state index contributed by atoms with van der Waals surface area (Å²) in [6.45, 7) is 5.44. The Labute approximate surface area is 251 Å². The van der Waals surface area contributed by atoms with Crippen LogP contribution in [-0.4, -0.2) is 81.4 Å². The van der Waals surface area contributed by atoms with Gasteiger partial charge in [0.1, 0.15) is 23.4 Å². The minimum Gasteiger partial charge on any atom is -0.491 e. The average molecular weight is 635 g/mol. The molecule has 0 radical (unpaired) electrons. The lowest BCUT2D eigenvalue weighted by molar-refractivity contribution is -0.0312. The van der Waals surface area contributed by atoms with Gasteiger partial charge in [-0.05, 0) is 62.9 Å². The minimum atomic E-state index is -4.01. The van der Waals surface area contributed by atoms with Crippen molar-refractivity contribution in [2.45, 2.75) is 67.2 Å². The van der Waals surface area contributed by atoms with Crippen molar-refractivity contribution in [1.29, 1.82) is 0 Å². The molecule has 2 unspecified atom stereocenters. The molecule has 3 aromatic rings. The number of ether oxygens (including phenoxy) is 2. The number of nitrogens with zero attached hydrogens (tertiary/aromatic N) is 2. The summed E-state index contributed by atoms with van der Waals surface area (Å²) in [5, 5.41) is 19.2. The van der Waals surface area contributed by atoms with E-state index in [1.54, 1.807) is 16.7 Å². The largest absolute Gasteiger partial charge is 0.491 e. The van der Waals surface area contributed by atoms with E-state index in [2.05, 4.69) is 5.32 Å². The van der Waals surface area contributed by atoms with E-state index in [0.29, 0.717) is 37.8 Å². The molecule has 12 nitrogen and oxygen atoms in total. The van der Waals surface area contributed by atoms with Crippen LogP contribution in [0.15, 0.2) is 63.2 Å². The molecule has 2 aliphatic heterocycles. The molecule has 2 fully saturated rings. The first-order valence-corrected chi connectivity index (χ1v) is 17.2. The van der Waals surface area contributed by atoms with Gasteiger partial charge in [0.05, 0.1) is 22.6 Å². The number of aliphatic hydroxyl groups is 1. The Morgan fingerprint density at radius 3 is 2.60 bits per heavy atom. The summed E-state index contributed by atoms with van der Waals surface area (Å²) in [7, 11) is -7.87. The van der Waals surface area contributed by atoms with Gasteiger partial charge in [-0.1, -0.05) is 12.1 Å². The second kappa shape index (κ2) is 12.3. The number of sulfonamides is 2. The third-order valence-corrected chi connectivity index (χ3v) is 11.0. The highest BCUT2D eigenvalue weighted by Gasteiger charge is 2.45. The number of pyridine rings is 1. The lowest BCUT2D eigenvalue weighted by Crippen LogP contribution is -2.47. The number of hydrogen-bond acceptors (Lipinski definition) is 9. The van der Waals surface area contributed by atoms with E-state index in [-0.39, 0.29) is 47.8 Å². The number of aryl methyl sites for hydroxylation is 2. The Morgan fingerprint density at radius 1 is 1.16 bits per heavy atom. The molecule has 5 rings (SSSR count). The quantitative estimate of drug-likeness (QED) is 0.298. The normalized spacial score (nSPS) is 20.0. The Morgan fingerprint density at radius 2 is 1.91 bits per heavy atom. The molecule has 43 heavy (non-hydrogen) atoms. The topological polar surface area (TPSA) is 170 Å². The lowest BCUT2D eigenvalue weighted by Gasteiger charge is -2.38. The van der Waals surface area contributed by atoms with Gasteiger partial charge in [0.15, 0.2) is 0 Å². The number of primary sulfonamides is 1. The van der Waals surface area contributed by atoms with Gasteiger partial charge in [0, 0.05) is 49.9 Å². The van der Waals surface area contributed by atoms with E-state index >= 15 is 0 Å². The van der Waals surface area contributed by atoms with E-state index in [4.69, 9.17) is 14.6 Å². The molecule has 4 N–H and O–H groups in total. The average Bonchev–Trinajstić information content (AvgIpc) is 3.37. The van der Waals surface area contributed by atoms with Crippen molar-refractivity contribution < 1.29 is 31.4 Å². The van der Waals surface area contributed by atoms with Gasteiger partial charge in [-0.2, -0.15) is 4.31 Å². The van der Waals surface area contributed by atoms with Crippen molar-refractivity contribution in [3.8, 4) is 5.75 Å². The van der Waals surface area contributed by atoms with Crippen LogP contribution in [0, 0.1) is 6.92 Å². The third kappa shape index (κ3) is 6.80. The third-order valence-electron chi connectivity index (χ3n) is 8.22. The molecule has 2 saturated heterocycles. The van der Waals surface area contributed by atoms with Crippen molar-refractivity contribution in [2.75, 3.05) is 32.8 Å². The molecule has 234 valence electrons. The number of aromatic nitrogens is 1. The minimum absolute atomic E-state index is 0.0378. The molecule has 0 amide bonds. The molecular formula is C29H38N4O8S2. The SMILES string of the molecule is CCn1cc(S(=O)(=O)N2CCC3(CC2)CC(NCC(O)COc2cccc(S(N)(=O)=O)c2)CO3)c(=O)c2ccc(C)cc21. The fraction of sp³-hybridized carbons (Fsp3) is 0.483. The van der Waals surface area contributed by atoms with Gasteiger partial charge in [-0.3, -0.25) is 4.79 Å². The second-order valence-corrected chi connectivity index (χ2v) is 14.8. The van der Waals surface area contributed by atoms with Crippen LogP contribution in [0.3, 0.4) is 0 Å². The molecule has 1 spiro atoms.